The number of aromatic nitrogens is 2. The summed E-state index contributed by atoms with van der Waals surface area (Å²) in [6, 6.07) is 6.45. The summed E-state index contributed by atoms with van der Waals surface area (Å²) in [6.07, 6.45) is -5.12. The highest BCUT2D eigenvalue weighted by Gasteiger charge is 2.30. The molecule has 7 heteroatoms. The molecule has 21 heavy (non-hydrogen) atoms. The van der Waals surface area contributed by atoms with Crippen LogP contribution in [-0.2, 0) is 0 Å². The Kier molecular flexibility index (Phi) is 4.50. The first-order valence-electron chi connectivity index (χ1n) is 6.73. The summed E-state index contributed by atoms with van der Waals surface area (Å²) in [5.41, 5.74) is 0.685. The summed E-state index contributed by atoms with van der Waals surface area (Å²) < 4.78 is 37.3. The molecule has 0 saturated heterocycles. The second-order valence-corrected chi connectivity index (χ2v) is 4.81. The minimum absolute atomic E-state index is 0.401. The van der Waals surface area contributed by atoms with Crippen LogP contribution >= 0.6 is 0 Å². The smallest absolute Gasteiger partial charge is 0.367 e. The van der Waals surface area contributed by atoms with Gasteiger partial charge in [-0.15, -0.1) is 0 Å². The Morgan fingerprint density at radius 3 is 2.57 bits per heavy atom. The third kappa shape index (κ3) is 4.21. The topological polar surface area (TPSA) is 49.8 Å². The third-order valence-corrected chi connectivity index (χ3v) is 2.86. The van der Waals surface area contributed by atoms with E-state index in [9.17, 15) is 13.2 Å². The first-order valence-corrected chi connectivity index (χ1v) is 6.73. The molecule has 1 unspecified atom stereocenters. The normalized spacial score (nSPS) is 13.2. The van der Waals surface area contributed by atoms with E-state index in [0.29, 0.717) is 29.2 Å². The first kappa shape index (κ1) is 15.3. The number of halogens is 3. The van der Waals surface area contributed by atoms with Gasteiger partial charge < -0.3 is 10.6 Å². The second-order valence-electron chi connectivity index (χ2n) is 4.81. The summed E-state index contributed by atoms with van der Waals surface area (Å²) in [4.78, 5) is 8.58. The molecule has 0 bridgehead atoms. The van der Waals surface area contributed by atoms with Crippen molar-refractivity contribution in [3.05, 3.63) is 24.3 Å². The monoisotopic (exact) mass is 298 g/mol. The van der Waals surface area contributed by atoms with Crippen molar-refractivity contribution in [2.75, 3.05) is 17.2 Å². The molecule has 0 aliphatic carbocycles. The van der Waals surface area contributed by atoms with Crippen LogP contribution in [0.4, 0.5) is 24.9 Å². The van der Waals surface area contributed by atoms with Crippen LogP contribution in [0, 0.1) is 0 Å². The number of hydrogen-bond acceptors (Lipinski definition) is 4. The summed E-state index contributed by atoms with van der Waals surface area (Å²) in [7, 11) is 0. The van der Waals surface area contributed by atoms with Gasteiger partial charge in [0.2, 0.25) is 5.95 Å². The molecule has 1 heterocycles. The van der Waals surface area contributed by atoms with Gasteiger partial charge in [0.25, 0.3) is 0 Å². The van der Waals surface area contributed by atoms with E-state index in [1.807, 2.05) is 13.0 Å². The van der Waals surface area contributed by atoms with Crippen molar-refractivity contribution < 1.29 is 13.2 Å². The summed E-state index contributed by atoms with van der Waals surface area (Å²) in [5.74, 6) is 0.811. The summed E-state index contributed by atoms with van der Waals surface area (Å²) in [6.45, 7) is 4.02. The molecule has 1 aromatic heterocycles. The van der Waals surface area contributed by atoms with E-state index in [0.717, 1.165) is 0 Å². The second kappa shape index (κ2) is 6.15. The molecule has 0 aliphatic heterocycles. The van der Waals surface area contributed by atoms with Crippen LogP contribution in [0.15, 0.2) is 24.3 Å². The lowest BCUT2D eigenvalue weighted by atomic mass is 10.2. The van der Waals surface area contributed by atoms with Crippen LogP contribution in [0.25, 0.3) is 10.9 Å². The Morgan fingerprint density at radius 2 is 1.90 bits per heavy atom. The Bertz CT molecular complexity index is 613. The van der Waals surface area contributed by atoms with Gasteiger partial charge in [-0.3, -0.25) is 0 Å². The van der Waals surface area contributed by atoms with Crippen molar-refractivity contribution in [1.29, 1.82) is 0 Å². The number of benzene rings is 1. The minimum Gasteiger partial charge on any atom is -0.367 e. The number of nitrogens with zero attached hydrogens (tertiary/aromatic N) is 2. The van der Waals surface area contributed by atoms with Crippen molar-refractivity contribution in [3.63, 3.8) is 0 Å². The van der Waals surface area contributed by atoms with Crippen LogP contribution in [0.3, 0.4) is 0 Å². The molecule has 1 atom stereocenters. The molecule has 0 saturated carbocycles. The van der Waals surface area contributed by atoms with E-state index in [1.165, 1.54) is 6.92 Å². The molecule has 114 valence electrons. The van der Waals surface area contributed by atoms with Gasteiger partial charge in [-0.1, -0.05) is 12.1 Å². The zero-order valence-electron chi connectivity index (χ0n) is 11.8. The third-order valence-electron chi connectivity index (χ3n) is 2.86. The van der Waals surface area contributed by atoms with Crippen LogP contribution < -0.4 is 10.6 Å². The zero-order chi connectivity index (χ0) is 15.5. The van der Waals surface area contributed by atoms with Crippen LogP contribution in [0.2, 0.25) is 0 Å². The highest BCUT2D eigenvalue weighted by atomic mass is 19.4. The lowest BCUT2D eigenvalue weighted by molar-refractivity contribution is -0.136. The molecule has 1 aromatic carbocycles. The molecule has 0 amide bonds. The number of fused-ring (bicyclic) bond motifs is 1. The van der Waals surface area contributed by atoms with Crippen molar-refractivity contribution in [1.82, 2.24) is 9.97 Å². The van der Waals surface area contributed by atoms with E-state index in [1.54, 1.807) is 18.2 Å². The molecule has 2 rings (SSSR count). The van der Waals surface area contributed by atoms with Gasteiger partial charge in [-0.05, 0) is 26.0 Å². The number of nitrogens with one attached hydrogen (secondary N) is 2. The first-order chi connectivity index (χ1) is 9.89. The van der Waals surface area contributed by atoms with E-state index >= 15 is 0 Å². The summed E-state index contributed by atoms with van der Waals surface area (Å²) >= 11 is 0. The van der Waals surface area contributed by atoms with Crippen molar-refractivity contribution >= 4 is 22.7 Å². The van der Waals surface area contributed by atoms with Gasteiger partial charge in [0.15, 0.2) is 0 Å². The van der Waals surface area contributed by atoms with Crippen molar-refractivity contribution in [3.8, 4) is 0 Å². The highest BCUT2D eigenvalue weighted by molar-refractivity contribution is 5.90. The van der Waals surface area contributed by atoms with Gasteiger partial charge in [0, 0.05) is 18.0 Å². The SMILES string of the molecule is CCNc1nc(NC(C)CC(F)(F)F)c2ccccc2n1. The number of anilines is 2. The largest absolute Gasteiger partial charge is 0.391 e. The van der Waals surface area contributed by atoms with E-state index in [2.05, 4.69) is 20.6 Å². The number of para-hydroxylation sites is 1. The fraction of sp³-hybridized carbons (Fsp3) is 0.429. The molecule has 0 radical (unpaired) electrons. The number of alkyl halides is 3. The molecular weight excluding hydrogens is 281 g/mol. The highest BCUT2D eigenvalue weighted by Crippen LogP contribution is 2.26. The van der Waals surface area contributed by atoms with Gasteiger partial charge in [-0.2, -0.15) is 18.2 Å². The average Bonchev–Trinajstić information content (AvgIpc) is 2.37. The lowest BCUT2D eigenvalue weighted by Gasteiger charge is -2.18. The van der Waals surface area contributed by atoms with Crippen molar-refractivity contribution in [2.24, 2.45) is 0 Å². The van der Waals surface area contributed by atoms with Gasteiger partial charge in [-0.25, -0.2) is 4.98 Å². The van der Waals surface area contributed by atoms with Crippen LogP contribution in [-0.4, -0.2) is 28.7 Å². The Balaban J connectivity index is 2.32. The lowest BCUT2D eigenvalue weighted by Crippen LogP contribution is -2.24. The molecule has 0 fully saturated rings. The molecular formula is C14H17F3N4. The van der Waals surface area contributed by atoms with E-state index < -0.39 is 18.6 Å². The van der Waals surface area contributed by atoms with Crippen LogP contribution in [0.5, 0.6) is 0 Å². The number of rotatable bonds is 5. The molecule has 0 aliphatic rings. The minimum atomic E-state index is -4.21. The summed E-state index contributed by atoms with van der Waals surface area (Å²) in [5, 5.41) is 6.51. The maximum absolute atomic E-state index is 12.4. The van der Waals surface area contributed by atoms with Gasteiger partial charge in [0.1, 0.15) is 5.82 Å². The maximum Gasteiger partial charge on any atom is 0.391 e. The standard InChI is InChI=1S/C14H17F3N4/c1-3-18-13-20-11-7-5-4-6-10(11)12(21-13)19-9(2)8-14(15,16)17/h4-7,9H,3,8H2,1-2H3,(H2,18,19,20,21). The fourth-order valence-electron chi connectivity index (χ4n) is 2.06. The maximum atomic E-state index is 12.4. The number of hydrogen-bond donors (Lipinski definition) is 2. The Hall–Kier alpha value is -2.05. The predicted octanol–water partition coefficient (Wildman–Crippen LogP) is 3.81. The van der Waals surface area contributed by atoms with Gasteiger partial charge in [0.05, 0.1) is 11.9 Å². The predicted molar refractivity (Wildman–Crippen MR) is 77.5 cm³/mol. The Labute approximate surface area is 120 Å². The molecule has 2 aromatic rings. The molecule has 4 nitrogen and oxygen atoms in total. The zero-order valence-corrected chi connectivity index (χ0v) is 11.8. The van der Waals surface area contributed by atoms with Gasteiger partial charge >= 0.3 is 6.18 Å². The molecule has 0 spiro atoms. The average molecular weight is 298 g/mol. The quantitative estimate of drug-likeness (QED) is 0.881. The van der Waals surface area contributed by atoms with Crippen LogP contribution in [0.1, 0.15) is 20.3 Å². The fourth-order valence-corrected chi connectivity index (χ4v) is 2.06. The van der Waals surface area contributed by atoms with E-state index in [-0.39, 0.29) is 0 Å². The van der Waals surface area contributed by atoms with E-state index in [4.69, 9.17) is 0 Å². The van der Waals surface area contributed by atoms with Crippen molar-refractivity contribution in [2.45, 2.75) is 32.5 Å². The molecule has 2 N–H and O–H groups in total. The Morgan fingerprint density at radius 1 is 1.19 bits per heavy atom.